The van der Waals surface area contributed by atoms with Gasteiger partial charge in [0.15, 0.2) is 12.4 Å². The highest BCUT2D eigenvalue weighted by Crippen LogP contribution is 2.39. The summed E-state index contributed by atoms with van der Waals surface area (Å²) in [7, 11) is -3.81. The van der Waals surface area contributed by atoms with Crippen LogP contribution in [-0.4, -0.2) is 26.7 Å². The molecule has 0 spiro atoms. The zero-order valence-corrected chi connectivity index (χ0v) is 15.2. The Labute approximate surface area is 155 Å². The number of sulfonamides is 1. The Kier molecular flexibility index (Phi) is 4.99. The number of ketones is 1. The average Bonchev–Trinajstić information content (AvgIpc) is 2.90. The number of hydrogen-bond donors (Lipinski definition) is 2. The van der Waals surface area contributed by atoms with Gasteiger partial charge in [0, 0.05) is 17.7 Å². The van der Waals surface area contributed by atoms with Gasteiger partial charge in [-0.25, -0.2) is 17.9 Å². The highest BCUT2D eigenvalue weighted by Gasteiger charge is 2.32. The quantitative estimate of drug-likeness (QED) is 0.809. The van der Waals surface area contributed by atoms with Crippen LogP contribution < -0.4 is 15.2 Å². The second-order valence-electron chi connectivity index (χ2n) is 6.27. The Bertz CT molecular complexity index is 1020. The maximum atomic E-state index is 14.0. The van der Waals surface area contributed by atoms with Crippen LogP contribution in [0.15, 0.2) is 41.3 Å². The second kappa shape index (κ2) is 7.09. The van der Waals surface area contributed by atoms with Gasteiger partial charge in [-0.05, 0) is 42.3 Å². The molecule has 1 aliphatic rings. The van der Waals surface area contributed by atoms with Gasteiger partial charge < -0.3 is 10.1 Å². The first-order valence-electron chi connectivity index (χ1n) is 8.08. The van der Waals surface area contributed by atoms with Crippen molar-refractivity contribution in [2.45, 2.75) is 24.2 Å². The van der Waals surface area contributed by atoms with E-state index < -0.39 is 28.4 Å². The lowest BCUT2D eigenvalue weighted by molar-refractivity contribution is -0.118. The molecule has 2 aromatic carbocycles. The van der Waals surface area contributed by atoms with Gasteiger partial charge in [-0.1, -0.05) is 6.92 Å². The number of nitrogens with one attached hydrogen (secondary N) is 1. The molecule has 0 fully saturated rings. The lowest BCUT2D eigenvalue weighted by Crippen LogP contribution is -2.21. The smallest absolute Gasteiger partial charge is 0.262 e. The number of rotatable bonds is 5. The summed E-state index contributed by atoms with van der Waals surface area (Å²) in [5.41, 5.74) is 0.856. The molecule has 0 radical (unpaired) electrons. The summed E-state index contributed by atoms with van der Waals surface area (Å²) in [6, 6.07) is 7.85. The lowest BCUT2D eigenvalue weighted by Gasteiger charge is -2.12. The van der Waals surface area contributed by atoms with E-state index in [1.807, 2.05) is 0 Å². The molecule has 0 saturated heterocycles. The number of ether oxygens (including phenoxy) is 1. The SMILES string of the molecule is C[C@H]1CC(=O)c2c(OCC(=O)Nc3ccc(S(N)(=O)=O)cc3)ccc(F)c21. The zero-order valence-electron chi connectivity index (χ0n) is 14.4. The van der Waals surface area contributed by atoms with E-state index in [2.05, 4.69) is 5.32 Å². The number of halogens is 1. The molecule has 0 aliphatic heterocycles. The van der Waals surface area contributed by atoms with Crippen molar-refractivity contribution in [1.29, 1.82) is 0 Å². The van der Waals surface area contributed by atoms with E-state index in [0.717, 1.165) is 0 Å². The van der Waals surface area contributed by atoms with Crippen LogP contribution in [0.2, 0.25) is 0 Å². The molecule has 0 aromatic heterocycles. The molecule has 3 N–H and O–H groups in total. The Morgan fingerprint density at radius 2 is 1.93 bits per heavy atom. The van der Waals surface area contributed by atoms with Crippen molar-refractivity contribution in [2.75, 3.05) is 11.9 Å². The average molecular weight is 392 g/mol. The molecule has 1 aliphatic carbocycles. The highest BCUT2D eigenvalue weighted by atomic mass is 32.2. The third-order valence-electron chi connectivity index (χ3n) is 4.24. The number of fused-ring (bicyclic) bond motifs is 1. The number of hydrogen-bond acceptors (Lipinski definition) is 5. The Hall–Kier alpha value is -2.78. The molecule has 1 atom stereocenters. The van der Waals surface area contributed by atoms with Gasteiger partial charge >= 0.3 is 0 Å². The van der Waals surface area contributed by atoms with E-state index in [1.54, 1.807) is 6.92 Å². The highest BCUT2D eigenvalue weighted by molar-refractivity contribution is 7.89. The number of primary sulfonamides is 1. The molecule has 9 heteroatoms. The Balaban J connectivity index is 1.68. The van der Waals surface area contributed by atoms with Crippen molar-refractivity contribution in [3.05, 3.63) is 53.3 Å². The standard InChI is InChI=1S/C18H17FN2O5S/c1-10-8-14(22)18-15(7-6-13(19)17(10)18)26-9-16(23)21-11-2-4-12(5-3-11)27(20,24)25/h2-7,10H,8-9H2,1H3,(H,21,23)(H2,20,24,25)/t10-/m0/s1. The van der Waals surface area contributed by atoms with Gasteiger partial charge in [-0.3, -0.25) is 9.59 Å². The summed E-state index contributed by atoms with van der Waals surface area (Å²) in [4.78, 5) is 24.1. The topological polar surface area (TPSA) is 116 Å². The number of benzene rings is 2. The van der Waals surface area contributed by atoms with E-state index in [-0.39, 0.29) is 34.3 Å². The maximum Gasteiger partial charge on any atom is 0.262 e. The van der Waals surface area contributed by atoms with Crippen molar-refractivity contribution >= 4 is 27.4 Å². The Morgan fingerprint density at radius 3 is 2.56 bits per heavy atom. The van der Waals surface area contributed by atoms with Crippen LogP contribution in [0.5, 0.6) is 5.75 Å². The molecular weight excluding hydrogens is 375 g/mol. The first kappa shape index (κ1) is 19.0. The van der Waals surface area contributed by atoms with Crippen LogP contribution in [0.4, 0.5) is 10.1 Å². The fourth-order valence-corrected chi connectivity index (χ4v) is 3.53. The minimum absolute atomic E-state index is 0.0775. The van der Waals surface area contributed by atoms with E-state index in [9.17, 15) is 22.4 Å². The molecule has 3 rings (SSSR count). The van der Waals surface area contributed by atoms with E-state index >= 15 is 0 Å². The largest absolute Gasteiger partial charge is 0.483 e. The summed E-state index contributed by atoms with van der Waals surface area (Å²) in [6.07, 6.45) is 0.204. The molecule has 1 amide bonds. The van der Waals surface area contributed by atoms with Gasteiger partial charge in [-0.2, -0.15) is 0 Å². The van der Waals surface area contributed by atoms with Crippen LogP contribution in [0.1, 0.15) is 35.2 Å². The van der Waals surface area contributed by atoms with Crippen molar-refractivity contribution in [3.63, 3.8) is 0 Å². The summed E-state index contributed by atoms with van der Waals surface area (Å²) in [6.45, 7) is 1.37. The number of amides is 1. The maximum absolute atomic E-state index is 14.0. The second-order valence-corrected chi connectivity index (χ2v) is 7.83. The predicted octanol–water partition coefficient (Wildman–Crippen LogP) is 2.18. The predicted molar refractivity (Wildman–Crippen MR) is 95.7 cm³/mol. The minimum atomic E-state index is -3.81. The third-order valence-corrected chi connectivity index (χ3v) is 5.17. The normalized spacial score (nSPS) is 16.1. The summed E-state index contributed by atoms with van der Waals surface area (Å²) >= 11 is 0. The van der Waals surface area contributed by atoms with E-state index in [1.165, 1.54) is 36.4 Å². The number of Topliss-reactive ketones (excluding diaryl/α,β-unsaturated/α-hetero) is 1. The fraction of sp³-hybridized carbons (Fsp3) is 0.222. The van der Waals surface area contributed by atoms with Crippen LogP contribution in [0.25, 0.3) is 0 Å². The van der Waals surface area contributed by atoms with Crippen LogP contribution in [-0.2, 0) is 14.8 Å². The van der Waals surface area contributed by atoms with Gasteiger partial charge in [0.1, 0.15) is 11.6 Å². The monoisotopic (exact) mass is 392 g/mol. The molecule has 0 unspecified atom stereocenters. The number of carbonyl (C=O) groups excluding carboxylic acids is 2. The number of anilines is 1. The molecule has 2 aromatic rings. The zero-order chi connectivity index (χ0) is 19.8. The van der Waals surface area contributed by atoms with E-state index in [0.29, 0.717) is 11.3 Å². The first-order chi connectivity index (χ1) is 12.7. The molecule has 142 valence electrons. The van der Waals surface area contributed by atoms with Crippen molar-refractivity contribution in [1.82, 2.24) is 0 Å². The summed E-state index contributed by atoms with van der Waals surface area (Å²) in [5, 5.41) is 7.54. The van der Waals surface area contributed by atoms with Gasteiger partial charge in [0.05, 0.1) is 10.5 Å². The van der Waals surface area contributed by atoms with Crippen LogP contribution in [0, 0.1) is 5.82 Å². The van der Waals surface area contributed by atoms with Gasteiger partial charge in [-0.15, -0.1) is 0 Å². The third kappa shape index (κ3) is 3.99. The van der Waals surface area contributed by atoms with Crippen molar-refractivity contribution < 1.29 is 27.1 Å². The van der Waals surface area contributed by atoms with Gasteiger partial charge in [0.2, 0.25) is 10.0 Å². The molecular formula is C18H17FN2O5S. The lowest BCUT2D eigenvalue weighted by atomic mass is 10.0. The number of carbonyl (C=O) groups is 2. The minimum Gasteiger partial charge on any atom is -0.483 e. The summed E-state index contributed by atoms with van der Waals surface area (Å²) in [5.74, 6) is -1.27. The van der Waals surface area contributed by atoms with Crippen LogP contribution >= 0.6 is 0 Å². The van der Waals surface area contributed by atoms with Crippen molar-refractivity contribution in [3.8, 4) is 5.75 Å². The molecule has 0 bridgehead atoms. The fourth-order valence-electron chi connectivity index (χ4n) is 3.01. The molecule has 0 saturated carbocycles. The van der Waals surface area contributed by atoms with E-state index in [4.69, 9.17) is 9.88 Å². The number of nitrogens with two attached hydrogens (primary N) is 1. The molecule has 27 heavy (non-hydrogen) atoms. The van der Waals surface area contributed by atoms with Crippen LogP contribution in [0.3, 0.4) is 0 Å². The first-order valence-corrected chi connectivity index (χ1v) is 9.62. The summed E-state index contributed by atoms with van der Waals surface area (Å²) < 4.78 is 41.8. The van der Waals surface area contributed by atoms with Gasteiger partial charge in [0.25, 0.3) is 5.91 Å². The van der Waals surface area contributed by atoms with Crippen molar-refractivity contribution in [2.24, 2.45) is 5.14 Å². The molecule has 0 heterocycles. The Morgan fingerprint density at radius 1 is 1.26 bits per heavy atom. The molecule has 7 nitrogen and oxygen atoms in total.